The molecule has 0 amide bonds. The van der Waals surface area contributed by atoms with E-state index >= 15 is 0 Å². The third-order valence-corrected chi connectivity index (χ3v) is 4.00. The van der Waals surface area contributed by atoms with Crippen LogP contribution in [0.4, 0.5) is 24.5 Å². The second kappa shape index (κ2) is 5.09. The first-order valence-corrected chi connectivity index (χ1v) is 6.91. The van der Waals surface area contributed by atoms with Gasteiger partial charge in [-0.15, -0.1) is 0 Å². The maximum atomic E-state index is 12.9. The average Bonchev–Trinajstić information content (AvgIpc) is 2.47. The molecule has 2 aromatic rings. The molecule has 1 aromatic carbocycles. The molecule has 21 heavy (non-hydrogen) atoms. The van der Waals surface area contributed by atoms with Crippen LogP contribution in [0.2, 0.25) is 0 Å². The summed E-state index contributed by atoms with van der Waals surface area (Å²) in [4.78, 5) is 6.03. The van der Waals surface area contributed by atoms with Gasteiger partial charge in [0.2, 0.25) is 0 Å². The van der Waals surface area contributed by atoms with Gasteiger partial charge in [-0.05, 0) is 37.1 Å². The number of anilines is 2. The molecule has 1 unspecified atom stereocenters. The number of nitrogen functional groups attached to an aromatic ring is 1. The Morgan fingerprint density at radius 1 is 1.24 bits per heavy atom. The Morgan fingerprint density at radius 3 is 2.81 bits per heavy atom. The molecule has 1 fully saturated rings. The fraction of sp³-hybridized carbons (Fsp3) is 0.400. The molecule has 1 aliphatic heterocycles. The number of alkyl halides is 3. The zero-order valence-corrected chi connectivity index (χ0v) is 11.4. The van der Waals surface area contributed by atoms with Crippen molar-refractivity contribution in [3.8, 4) is 0 Å². The summed E-state index contributed by atoms with van der Waals surface area (Å²) in [6.45, 7) is 0.623. The number of fused-ring (bicyclic) bond motifs is 1. The van der Waals surface area contributed by atoms with Crippen molar-refractivity contribution in [1.29, 1.82) is 0 Å². The van der Waals surface area contributed by atoms with Gasteiger partial charge in [0, 0.05) is 30.4 Å². The van der Waals surface area contributed by atoms with Crippen molar-refractivity contribution in [2.75, 3.05) is 23.7 Å². The summed E-state index contributed by atoms with van der Waals surface area (Å²) in [7, 11) is 0. The van der Waals surface area contributed by atoms with Gasteiger partial charge in [-0.3, -0.25) is 4.98 Å². The summed E-state index contributed by atoms with van der Waals surface area (Å²) in [5.41, 5.74) is 7.85. The molecule has 2 N–H and O–H groups in total. The van der Waals surface area contributed by atoms with E-state index in [2.05, 4.69) is 4.98 Å². The van der Waals surface area contributed by atoms with Gasteiger partial charge in [0.15, 0.2) is 0 Å². The minimum Gasteiger partial charge on any atom is -0.397 e. The third kappa shape index (κ3) is 2.62. The predicted molar refractivity (Wildman–Crippen MR) is 77.1 cm³/mol. The highest BCUT2D eigenvalue weighted by molar-refractivity contribution is 5.98. The molecule has 1 aromatic heterocycles. The lowest BCUT2D eigenvalue weighted by molar-refractivity contribution is -0.175. The number of hydrogen-bond donors (Lipinski definition) is 1. The van der Waals surface area contributed by atoms with E-state index in [1.807, 2.05) is 6.07 Å². The quantitative estimate of drug-likeness (QED) is 0.817. The van der Waals surface area contributed by atoms with E-state index in [9.17, 15) is 13.2 Å². The molecule has 1 atom stereocenters. The zero-order chi connectivity index (χ0) is 15.0. The van der Waals surface area contributed by atoms with Crippen molar-refractivity contribution in [3.63, 3.8) is 0 Å². The van der Waals surface area contributed by atoms with Crippen LogP contribution in [0.1, 0.15) is 12.8 Å². The number of nitrogens with two attached hydrogens (primary N) is 1. The molecule has 1 saturated heterocycles. The average molecular weight is 295 g/mol. The van der Waals surface area contributed by atoms with Crippen molar-refractivity contribution < 1.29 is 13.2 Å². The Balaban J connectivity index is 1.99. The summed E-state index contributed by atoms with van der Waals surface area (Å²) in [5, 5.41) is 0.806. The number of piperidine rings is 1. The number of nitrogens with zero attached hydrogens (tertiary/aromatic N) is 2. The second-order valence-electron chi connectivity index (χ2n) is 5.40. The van der Waals surface area contributed by atoms with Crippen molar-refractivity contribution >= 4 is 22.3 Å². The largest absolute Gasteiger partial charge is 0.397 e. The lowest BCUT2D eigenvalue weighted by Crippen LogP contribution is -2.41. The fourth-order valence-corrected chi connectivity index (χ4v) is 2.92. The van der Waals surface area contributed by atoms with Crippen LogP contribution in [0.5, 0.6) is 0 Å². The van der Waals surface area contributed by atoms with Crippen LogP contribution in [-0.2, 0) is 0 Å². The Bertz CT molecular complexity index is 654. The molecule has 3 nitrogen and oxygen atoms in total. The summed E-state index contributed by atoms with van der Waals surface area (Å²) in [6, 6.07) is 7.13. The van der Waals surface area contributed by atoms with E-state index < -0.39 is 12.1 Å². The topological polar surface area (TPSA) is 42.1 Å². The minimum atomic E-state index is -4.14. The van der Waals surface area contributed by atoms with Crippen LogP contribution >= 0.6 is 0 Å². The highest BCUT2D eigenvalue weighted by Crippen LogP contribution is 2.37. The number of halogens is 3. The molecule has 1 aliphatic rings. The van der Waals surface area contributed by atoms with E-state index in [1.165, 1.54) is 0 Å². The van der Waals surface area contributed by atoms with Crippen molar-refractivity contribution in [2.24, 2.45) is 5.92 Å². The SMILES string of the molecule is Nc1ccc(N2CCCC(C(F)(F)F)C2)c2cccnc12. The van der Waals surface area contributed by atoms with Gasteiger partial charge in [-0.25, -0.2) is 0 Å². The number of rotatable bonds is 1. The maximum Gasteiger partial charge on any atom is 0.393 e. The fourth-order valence-electron chi connectivity index (χ4n) is 2.92. The Morgan fingerprint density at radius 2 is 2.05 bits per heavy atom. The molecule has 0 radical (unpaired) electrons. The number of benzene rings is 1. The monoisotopic (exact) mass is 295 g/mol. The van der Waals surface area contributed by atoms with Gasteiger partial charge >= 0.3 is 6.18 Å². The molecular formula is C15H16F3N3. The zero-order valence-electron chi connectivity index (χ0n) is 11.4. The van der Waals surface area contributed by atoms with Crippen LogP contribution in [0.3, 0.4) is 0 Å². The summed E-state index contributed by atoms with van der Waals surface area (Å²) >= 11 is 0. The molecular weight excluding hydrogens is 279 g/mol. The van der Waals surface area contributed by atoms with Crippen LogP contribution in [-0.4, -0.2) is 24.2 Å². The lowest BCUT2D eigenvalue weighted by Gasteiger charge is -2.35. The van der Waals surface area contributed by atoms with Crippen molar-refractivity contribution in [1.82, 2.24) is 4.98 Å². The number of aromatic nitrogens is 1. The van der Waals surface area contributed by atoms with E-state index in [1.54, 1.807) is 29.3 Å². The summed E-state index contributed by atoms with van der Waals surface area (Å²) in [5.74, 6) is -1.27. The normalized spacial score (nSPS) is 20.0. The van der Waals surface area contributed by atoms with E-state index in [0.717, 1.165) is 11.1 Å². The first-order chi connectivity index (χ1) is 9.97. The van der Waals surface area contributed by atoms with Crippen molar-refractivity contribution in [3.05, 3.63) is 30.5 Å². The van der Waals surface area contributed by atoms with E-state index in [0.29, 0.717) is 24.2 Å². The Hall–Kier alpha value is -1.98. The number of pyridine rings is 1. The van der Waals surface area contributed by atoms with Crippen LogP contribution < -0.4 is 10.6 Å². The van der Waals surface area contributed by atoms with Gasteiger partial charge < -0.3 is 10.6 Å². The van der Waals surface area contributed by atoms with E-state index in [4.69, 9.17) is 5.73 Å². The third-order valence-electron chi connectivity index (χ3n) is 4.00. The highest BCUT2D eigenvalue weighted by atomic mass is 19.4. The molecule has 112 valence electrons. The molecule has 0 saturated carbocycles. The van der Waals surface area contributed by atoms with Crippen LogP contribution in [0, 0.1) is 5.92 Å². The molecule has 0 aliphatic carbocycles. The minimum absolute atomic E-state index is 0.00257. The summed E-state index contributed by atoms with van der Waals surface area (Å²) in [6.07, 6.45) is -1.76. The van der Waals surface area contributed by atoms with E-state index in [-0.39, 0.29) is 13.0 Å². The Labute approximate surface area is 120 Å². The lowest BCUT2D eigenvalue weighted by atomic mass is 9.96. The van der Waals surface area contributed by atoms with Gasteiger partial charge in [0.05, 0.1) is 17.1 Å². The Kier molecular flexibility index (Phi) is 3.39. The smallest absolute Gasteiger partial charge is 0.393 e. The van der Waals surface area contributed by atoms with Gasteiger partial charge in [-0.2, -0.15) is 13.2 Å². The predicted octanol–water partition coefficient (Wildman–Crippen LogP) is 3.60. The van der Waals surface area contributed by atoms with Gasteiger partial charge in [-0.1, -0.05) is 0 Å². The molecule has 2 heterocycles. The molecule has 6 heteroatoms. The van der Waals surface area contributed by atoms with Gasteiger partial charge in [0.25, 0.3) is 0 Å². The molecule has 3 rings (SSSR count). The van der Waals surface area contributed by atoms with Crippen LogP contribution in [0.15, 0.2) is 30.5 Å². The first kappa shape index (κ1) is 14.0. The molecule has 0 spiro atoms. The summed E-state index contributed by atoms with van der Waals surface area (Å²) < 4.78 is 38.8. The maximum absolute atomic E-state index is 12.9. The number of hydrogen-bond acceptors (Lipinski definition) is 3. The van der Waals surface area contributed by atoms with Crippen molar-refractivity contribution in [2.45, 2.75) is 19.0 Å². The second-order valence-corrected chi connectivity index (χ2v) is 5.40. The van der Waals surface area contributed by atoms with Crippen LogP contribution in [0.25, 0.3) is 10.9 Å². The highest BCUT2D eigenvalue weighted by Gasteiger charge is 2.42. The standard InChI is InChI=1S/C15H16F3N3/c16-15(17,18)10-3-2-8-21(9-10)13-6-5-12(19)14-11(13)4-1-7-20-14/h1,4-7,10H,2-3,8-9,19H2. The first-order valence-electron chi connectivity index (χ1n) is 6.91. The molecule has 0 bridgehead atoms. The van der Waals surface area contributed by atoms with Gasteiger partial charge in [0.1, 0.15) is 0 Å².